The van der Waals surface area contributed by atoms with Crippen molar-refractivity contribution in [1.82, 2.24) is 0 Å². The van der Waals surface area contributed by atoms with Gasteiger partial charge in [0.15, 0.2) is 0 Å². The average Bonchev–Trinajstić information content (AvgIpc) is 2.40. The van der Waals surface area contributed by atoms with Crippen LogP contribution in [0.3, 0.4) is 0 Å². The SMILES string of the molecule is CCOc1ccc([C@H](O)c2ccc(N)cc2)cc1. The molecule has 0 aliphatic heterocycles. The zero-order valence-electron chi connectivity index (χ0n) is 10.3. The van der Waals surface area contributed by atoms with Crippen molar-refractivity contribution in [2.24, 2.45) is 0 Å². The predicted octanol–water partition coefficient (Wildman–Crippen LogP) is 2.75. The number of nitrogen functional groups attached to an aromatic ring is 1. The van der Waals surface area contributed by atoms with E-state index in [1.807, 2.05) is 43.3 Å². The van der Waals surface area contributed by atoms with Crippen LogP contribution < -0.4 is 10.5 Å². The van der Waals surface area contributed by atoms with Gasteiger partial charge < -0.3 is 15.6 Å². The summed E-state index contributed by atoms with van der Waals surface area (Å²) in [5.41, 5.74) is 7.98. The fourth-order valence-corrected chi connectivity index (χ4v) is 1.78. The molecule has 3 heteroatoms. The Morgan fingerprint density at radius 1 is 1.00 bits per heavy atom. The van der Waals surface area contributed by atoms with Gasteiger partial charge in [0.25, 0.3) is 0 Å². The predicted molar refractivity (Wildman–Crippen MR) is 72.5 cm³/mol. The third-order valence-corrected chi connectivity index (χ3v) is 2.76. The first kappa shape index (κ1) is 12.5. The molecule has 0 fully saturated rings. The topological polar surface area (TPSA) is 55.5 Å². The number of hydrogen-bond acceptors (Lipinski definition) is 3. The van der Waals surface area contributed by atoms with Crippen molar-refractivity contribution < 1.29 is 9.84 Å². The molecule has 3 nitrogen and oxygen atoms in total. The van der Waals surface area contributed by atoms with E-state index < -0.39 is 6.10 Å². The Hall–Kier alpha value is -2.00. The van der Waals surface area contributed by atoms with E-state index in [1.165, 1.54) is 0 Å². The maximum Gasteiger partial charge on any atom is 0.119 e. The van der Waals surface area contributed by atoms with Crippen molar-refractivity contribution in [3.63, 3.8) is 0 Å². The second kappa shape index (κ2) is 5.56. The van der Waals surface area contributed by atoms with E-state index in [4.69, 9.17) is 10.5 Å². The van der Waals surface area contributed by atoms with Crippen LogP contribution in [-0.2, 0) is 0 Å². The van der Waals surface area contributed by atoms with Crippen LogP contribution in [0.5, 0.6) is 5.75 Å². The number of benzene rings is 2. The number of ether oxygens (including phenoxy) is 1. The molecule has 0 saturated heterocycles. The average molecular weight is 243 g/mol. The van der Waals surface area contributed by atoms with Crippen LogP contribution in [0, 0.1) is 0 Å². The molecule has 0 unspecified atom stereocenters. The summed E-state index contributed by atoms with van der Waals surface area (Å²) in [6.07, 6.45) is -0.638. The number of aliphatic hydroxyl groups is 1. The van der Waals surface area contributed by atoms with Crippen molar-refractivity contribution in [2.75, 3.05) is 12.3 Å². The Morgan fingerprint density at radius 2 is 1.50 bits per heavy atom. The normalized spacial score (nSPS) is 12.1. The van der Waals surface area contributed by atoms with E-state index in [9.17, 15) is 5.11 Å². The van der Waals surface area contributed by atoms with Gasteiger partial charge >= 0.3 is 0 Å². The summed E-state index contributed by atoms with van der Waals surface area (Å²) in [6.45, 7) is 2.58. The summed E-state index contributed by atoms with van der Waals surface area (Å²) in [6, 6.07) is 14.7. The summed E-state index contributed by atoms with van der Waals surface area (Å²) < 4.78 is 5.36. The van der Waals surface area contributed by atoms with Crippen LogP contribution in [0.2, 0.25) is 0 Å². The molecule has 1 atom stereocenters. The second-order valence-electron chi connectivity index (χ2n) is 4.07. The number of rotatable bonds is 4. The molecule has 3 N–H and O–H groups in total. The highest BCUT2D eigenvalue weighted by atomic mass is 16.5. The van der Waals surface area contributed by atoms with Crippen molar-refractivity contribution in [1.29, 1.82) is 0 Å². The zero-order chi connectivity index (χ0) is 13.0. The third kappa shape index (κ3) is 2.81. The fraction of sp³-hybridized carbons (Fsp3) is 0.200. The molecule has 2 aromatic rings. The summed E-state index contributed by atoms with van der Waals surface area (Å²) in [5, 5.41) is 10.2. The highest BCUT2D eigenvalue weighted by Gasteiger charge is 2.09. The van der Waals surface area contributed by atoms with Gasteiger partial charge in [-0.05, 0) is 42.3 Å². The Kier molecular flexibility index (Phi) is 3.85. The molecule has 0 saturated carbocycles. The van der Waals surface area contributed by atoms with E-state index in [0.29, 0.717) is 12.3 Å². The molecule has 0 radical (unpaired) electrons. The summed E-state index contributed by atoms with van der Waals surface area (Å²) in [7, 11) is 0. The molecule has 0 aliphatic carbocycles. The van der Waals surface area contributed by atoms with E-state index in [-0.39, 0.29) is 0 Å². The molecule has 94 valence electrons. The molecular weight excluding hydrogens is 226 g/mol. The Bertz CT molecular complexity index is 491. The fourth-order valence-electron chi connectivity index (χ4n) is 1.78. The zero-order valence-corrected chi connectivity index (χ0v) is 10.3. The van der Waals surface area contributed by atoms with E-state index in [2.05, 4.69) is 0 Å². The van der Waals surface area contributed by atoms with Crippen LogP contribution in [0.25, 0.3) is 0 Å². The summed E-state index contributed by atoms with van der Waals surface area (Å²) >= 11 is 0. The molecule has 18 heavy (non-hydrogen) atoms. The minimum absolute atomic E-state index is 0.638. The summed E-state index contributed by atoms with van der Waals surface area (Å²) in [5.74, 6) is 0.811. The monoisotopic (exact) mass is 243 g/mol. The Morgan fingerprint density at radius 3 is 2.00 bits per heavy atom. The minimum atomic E-state index is -0.638. The van der Waals surface area contributed by atoms with Gasteiger partial charge in [0.05, 0.1) is 6.61 Å². The van der Waals surface area contributed by atoms with Gasteiger partial charge in [0.1, 0.15) is 11.9 Å². The molecule has 0 bridgehead atoms. The van der Waals surface area contributed by atoms with Gasteiger partial charge in [0.2, 0.25) is 0 Å². The van der Waals surface area contributed by atoms with Crippen LogP contribution in [-0.4, -0.2) is 11.7 Å². The van der Waals surface area contributed by atoms with Gasteiger partial charge in [0, 0.05) is 5.69 Å². The third-order valence-electron chi connectivity index (χ3n) is 2.76. The van der Waals surface area contributed by atoms with Gasteiger partial charge in [-0.2, -0.15) is 0 Å². The number of anilines is 1. The number of aliphatic hydroxyl groups excluding tert-OH is 1. The van der Waals surface area contributed by atoms with Gasteiger partial charge in [-0.25, -0.2) is 0 Å². The van der Waals surface area contributed by atoms with Crippen LogP contribution in [0.4, 0.5) is 5.69 Å². The lowest BCUT2D eigenvalue weighted by atomic mass is 10.0. The van der Waals surface area contributed by atoms with E-state index in [1.54, 1.807) is 12.1 Å². The second-order valence-corrected chi connectivity index (χ2v) is 4.07. The molecule has 0 spiro atoms. The largest absolute Gasteiger partial charge is 0.494 e. The molecule has 0 heterocycles. The van der Waals surface area contributed by atoms with Crippen LogP contribution in [0.1, 0.15) is 24.2 Å². The molecule has 2 rings (SSSR count). The molecule has 0 aliphatic rings. The maximum atomic E-state index is 10.2. The molecule has 0 amide bonds. The van der Waals surface area contributed by atoms with Crippen molar-refractivity contribution in [3.05, 3.63) is 59.7 Å². The van der Waals surface area contributed by atoms with Crippen LogP contribution in [0.15, 0.2) is 48.5 Å². The van der Waals surface area contributed by atoms with Crippen LogP contribution >= 0.6 is 0 Å². The first-order chi connectivity index (χ1) is 8.70. The lowest BCUT2D eigenvalue weighted by Crippen LogP contribution is -2.00. The Labute approximate surface area is 107 Å². The first-order valence-electron chi connectivity index (χ1n) is 5.97. The van der Waals surface area contributed by atoms with Crippen molar-refractivity contribution in [2.45, 2.75) is 13.0 Å². The Balaban J connectivity index is 2.17. The first-order valence-corrected chi connectivity index (χ1v) is 5.97. The number of nitrogens with two attached hydrogens (primary N) is 1. The molecule has 0 aromatic heterocycles. The molecule has 2 aromatic carbocycles. The lowest BCUT2D eigenvalue weighted by molar-refractivity contribution is 0.220. The quantitative estimate of drug-likeness (QED) is 0.812. The van der Waals surface area contributed by atoms with Gasteiger partial charge in [-0.1, -0.05) is 24.3 Å². The van der Waals surface area contributed by atoms with E-state index in [0.717, 1.165) is 16.9 Å². The summed E-state index contributed by atoms with van der Waals surface area (Å²) in [4.78, 5) is 0. The highest BCUT2D eigenvalue weighted by molar-refractivity contribution is 5.42. The van der Waals surface area contributed by atoms with Crippen molar-refractivity contribution in [3.8, 4) is 5.75 Å². The lowest BCUT2D eigenvalue weighted by Gasteiger charge is -2.12. The minimum Gasteiger partial charge on any atom is -0.494 e. The molecular formula is C15H17NO2. The maximum absolute atomic E-state index is 10.2. The van der Waals surface area contributed by atoms with E-state index >= 15 is 0 Å². The van der Waals surface area contributed by atoms with Gasteiger partial charge in [-0.15, -0.1) is 0 Å². The standard InChI is InChI=1S/C15H17NO2/c1-2-18-14-9-5-12(6-10-14)15(17)11-3-7-13(16)8-4-11/h3-10,15,17H,2,16H2,1H3/t15-/m1/s1. The number of hydrogen-bond donors (Lipinski definition) is 2. The van der Waals surface area contributed by atoms with Crippen molar-refractivity contribution >= 4 is 5.69 Å². The smallest absolute Gasteiger partial charge is 0.119 e. The highest BCUT2D eigenvalue weighted by Crippen LogP contribution is 2.24. The van der Waals surface area contributed by atoms with Gasteiger partial charge in [-0.3, -0.25) is 0 Å².